The summed E-state index contributed by atoms with van der Waals surface area (Å²) in [6.07, 6.45) is -2.04. The summed E-state index contributed by atoms with van der Waals surface area (Å²) in [5, 5.41) is 2.74. The number of sulfone groups is 1. The molecule has 0 radical (unpaired) electrons. The van der Waals surface area contributed by atoms with Gasteiger partial charge in [-0.25, -0.2) is 8.42 Å². The van der Waals surface area contributed by atoms with Crippen LogP contribution in [0.1, 0.15) is 63.8 Å². The van der Waals surface area contributed by atoms with Crippen molar-refractivity contribution in [2.75, 3.05) is 25.2 Å². The molecule has 12 heteroatoms. The summed E-state index contributed by atoms with van der Waals surface area (Å²) in [6, 6.07) is 32.7. The molecular weight excluding hydrogens is 750 g/mol. The van der Waals surface area contributed by atoms with Gasteiger partial charge in [0.05, 0.1) is 31.1 Å². The van der Waals surface area contributed by atoms with Crippen LogP contribution in [-0.4, -0.2) is 70.9 Å². The monoisotopic (exact) mass is 795 g/mol. The van der Waals surface area contributed by atoms with E-state index in [1.807, 2.05) is 49.4 Å². The first-order chi connectivity index (χ1) is 25.2. The van der Waals surface area contributed by atoms with Crippen LogP contribution >= 0.6 is 23.2 Å². The van der Waals surface area contributed by atoms with Gasteiger partial charge >= 0.3 is 5.97 Å². The number of benzene rings is 4. The summed E-state index contributed by atoms with van der Waals surface area (Å²) in [5.41, 5.74) is 1.36. The number of halogens is 2. The normalized spacial score (nSPS) is 18.8. The van der Waals surface area contributed by atoms with Crippen LogP contribution in [0.15, 0.2) is 109 Å². The summed E-state index contributed by atoms with van der Waals surface area (Å²) < 4.78 is 46.7. The Hall–Kier alpha value is -3.51. The molecule has 1 fully saturated rings. The van der Waals surface area contributed by atoms with E-state index in [4.69, 9.17) is 37.1 Å². The van der Waals surface area contributed by atoms with Gasteiger partial charge < -0.3 is 18.8 Å². The van der Waals surface area contributed by atoms with E-state index in [1.54, 1.807) is 47.4 Å². The van der Waals surface area contributed by atoms with E-state index >= 15 is 0 Å². The quantitative estimate of drug-likeness (QED) is 0.0974. The molecule has 1 aliphatic rings. The van der Waals surface area contributed by atoms with Gasteiger partial charge in [-0.3, -0.25) is 9.59 Å². The summed E-state index contributed by atoms with van der Waals surface area (Å²) in [7, 11) is -5.56. The van der Waals surface area contributed by atoms with Crippen molar-refractivity contribution >= 4 is 63.6 Å². The highest BCUT2D eigenvalue weighted by atomic mass is 35.5. The average molecular weight is 797 g/mol. The summed E-state index contributed by atoms with van der Waals surface area (Å²) in [5.74, 6) is -1.70. The second-order valence-electron chi connectivity index (χ2n) is 14.3. The second kappa shape index (κ2) is 17.3. The van der Waals surface area contributed by atoms with Crippen LogP contribution in [0.3, 0.4) is 0 Å². The van der Waals surface area contributed by atoms with Crippen molar-refractivity contribution in [2.45, 2.75) is 69.9 Å². The van der Waals surface area contributed by atoms with Gasteiger partial charge in [-0.2, -0.15) is 0 Å². The number of ether oxygens (including phenoxy) is 2. The predicted molar refractivity (Wildman–Crippen MR) is 213 cm³/mol. The number of nitrogens with zero attached hydrogens (tertiary/aromatic N) is 1. The van der Waals surface area contributed by atoms with Gasteiger partial charge in [0, 0.05) is 22.7 Å². The van der Waals surface area contributed by atoms with E-state index in [1.165, 1.54) is 7.11 Å². The minimum absolute atomic E-state index is 0.0280. The van der Waals surface area contributed by atoms with Crippen LogP contribution in [-0.2, 0) is 33.3 Å². The van der Waals surface area contributed by atoms with Gasteiger partial charge in [0.15, 0.2) is 9.84 Å². The number of amides is 1. The molecular formula is C41H47Cl2NO7SSi. The lowest BCUT2D eigenvalue weighted by Gasteiger charge is -2.48. The van der Waals surface area contributed by atoms with Crippen LogP contribution in [0.5, 0.6) is 0 Å². The standard InChI is InChI=1S/C41H47Cl2NO7SSi/c1-6-33(28-52(47,48)25-24-50-53(41(2,3)4,34-16-9-7-10-17-34)35-18-11-8-12-19-35)44-38(29-20-22-31(42)23-21-29)39(30-14-13-15-32(43)26-30)51-36(40(44)46)27-37(45)49-5/h7-23,26,33,36,38-39H,6,24-25,27-28H2,1-5H3/t33?,36-,38+,39+/m0/s1. The maximum Gasteiger partial charge on any atom is 0.308 e. The third-order valence-corrected chi connectivity index (χ3v) is 17.0. The smallest absolute Gasteiger partial charge is 0.308 e. The Kier molecular flexibility index (Phi) is 13.3. The first-order valence-corrected chi connectivity index (χ1v) is 22.2. The van der Waals surface area contributed by atoms with Crippen molar-refractivity contribution in [3.63, 3.8) is 0 Å². The Morgan fingerprint density at radius 3 is 2.00 bits per heavy atom. The number of rotatable bonds is 14. The molecule has 4 atom stereocenters. The molecule has 0 saturated carbocycles. The molecule has 0 N–H and O–H groups in total. The molecule has 1 aliphatic heterocycles. The Morgan fingerprint density at radius 2 is 1.47 bits per heavy atom. The molecule has 0 aromatic heterocycles. The largest absolute Gasteiger partial charge is 0.469 e. The van der Waals surface area contributed by atoms with Gasteiger partial charge in [0.25, 0.3) is 14.2 Å². The molecule has 0 bridgehead atoms. The number of hydrogen-bond donors (Lipinski definition) is 0. The molecule has 282 valence electrons. The Bertz CT molecular complexity index is 1920. The Labute approximate surface area is 324 Å². The molecule has 1 heterocycles. The van der Waals surface area contributed by atoms with Crippen LogP contribution in [0.2, 0.25) is 15.1 Å². The molecule has 1 amide bonds. The maximum atomic E-state index is 14.5. The average Bonchev–Trinajstić information content (AvgIpc) is 3.13. The number of morpholine rings is 1. The van der Waals surface area contributed by atoms with Gasteiger partial charge in [0.2, 0.25) is 0 Å². The highest BCUT2D eigenvalue weighted by Gasteiger charge is 2.51. The number of carbonyl (C=O) groups excluding carboxylic acids is 2. The number of methoxy groups -OCH3 is 1. The molecule has 0 aliphatic carbocycles. The van der Waals surface area contributed by atoms with Crippen LogP contribution in [0.4, 0.5) is 0 Å². The van der Waals surface area contributed by atoms with Gasteiger partial charge in [0.1, 0.15) is 12.2 Å². The highest BCUT2D eigenvalue weighted by molar-refractivity contribution is 7.91. The van der Waals surface area contributed by atoms with E-state index in [-0.39, 0.29) is 29.6 Å². The molecule has 0 spiro atoms. The minimum atomic E-state index is -3.82. The Balaban J connectivity index is 1.50. The van der Waals surface area contributed by atoms with E-state index < -0.39 is 54.3 Å². The molecule has 4 aromatic carbocycles. The first kappa shape index (κ1) is 40.7. The van der Waals surface area contributed by atoms with Crippen molar-refractivity contribution in [3.05, 3.63) is 130 Å². The van der Waals surface area contributed by atoms with Crippen molar-refractivity contribution < 1.29 is 31.9 Å². The third kappa shape index (κ3) is 9.24. The minimum Gasteiger partial charge on any atom is -0.469 e. The molecule has 53 heavy (non-hydrogen) atoms. The maximum absolute atomic E-state index is 14.5. The van der Waals surface area contributed by atoms with E-state index in [0.29, 0.717) is 27.6 Å². The zero-order valence-electron chi connectivity index (χ0n) is 30.7. The van der Waals surface area contributed by atoms with Crippen LogP contribution in [0, 0.1) is 0 Å². The lowest BCUT2D eigenvalue weighted by Crippen LogP contribution is -2.66. The van der Waals surface area contributed by atoms with Gasteiger partial charge in [-0.15, -0.1) is 0 Å². The van der Waals surface area contributed by atoms with Crippen LogP contribution in [0.25, 0.3) is 0 Å². The number of esters is 1. The Morgan fingerprint density at radius 1 is 0.868 bits per heavy atom. The molecule has 1 unspecified atom stereocenters. The predicted octanol–water partition coefficient (Wildman–Crippen LogP) is 7.34. The summed E-state index contributed by atoms with van der Waals surface area (Å²) in [6.45, 7) is 8.25. The summed E-state index contributed by atoms with van der Waals surface area (Å²) >= 11 is 12.7. The van der Waals surface area contributed by atoms with Crippen molar-refractivity contribution in [1.82, 2.24) is 4.90 Å². The highest BCUT2D eigenvalue weighted by Crippen LogP contribution is 2.45. The topological polar surface area (TPSA) is 99.2 Å². The number of hydrogen-bond acceptors (Lipinski definition) is 7. The fourth-order valence-electron chi connectivity index (χ4n) is 7.33. The van der Waals surface area contributed by atoms with E-state index in [9.17, 15) is 18.0 Å². The van der Waals surface area contributed by atoms with Crippen molar-refractivity contribution in [1.29, 1.82) is 0 Å². The fourth-order valence-corrected chi connectivity index (χ4v) is 13.9. The molecule has 5 rings (SSSR count). The SMILES string of the molecule is CCC(CS(=O)(=O)CCO[Si](c1ccccc1)(c1ccccc1)C(C)(C)C)N1C(=O)[C@H](CC(=O)OC)O[C@H](c2cccc(Cl)c2)[C@H]1c1ccc(Cl)cc1. The van der Waals surface area contributed by atoms with Gasteiger partial charge in [-0.05, 0) is 57.2 Å². The third-order valence-electron chi connectivity index (χ3n) is 9.84. The zero-order valence-corrected chi connectivity index (χ0v) is 34.0. The summed E-state index contributed by atoms with van der Waals surface area (Å²) in [4.78, 5) is 28.6. The van der Waals surface area contributed by atoms with Crippen molar-refractivity contribution in [2.24, 2.45) is 0 Å². The van der Waals surface area contributed by atoms with Gasteiger partial charge in [-0.1, -0.05) is 136 Å². The lowest BCUT2D eigenvalue weighted by atomic mass is 9.89. The zero-order chi connectivity index (χ0) is 38.4. The van der Waals surface area contributed by atoms with Crippen molar-refractivity contribution in [3.8, 4) is 0 Å². The fraction of sp³-hybridized carbons (Fsp3) is 0.366. The molecule has 4 aromatic rings. The number of carbonyl (C=O) groups is 2. The van der Waals surface area contributed by atoms with E-state index in [2.05, 4.69) is 45.0 Å². The molecule has 1 saturated heterocycles. The first-order valence-electron chi connectivity index (χ1n) is 17.7. The lowest BCUT2D eigenvalue weighted by molar-refractivity contribution is -0.183. The molecule has 8 nitrogen and oxygen atoms in total. The van der Waals surface area contributed by atoms with Crippen LogP contribution < -0.4 is 10.4 Å². The second-order valence-corrected chi connectivity index (χ2v) is 21.7. The van der Waals surface area contributed by atoms with E-state index in [0.717, 1.165) is 10.4 Å².